The van der Waals surface area contributed by atoms with Crippen LogP contribution in [0.1, 0.15) is 17.3 Å². The molecule has 150 valence electrons. The third-order valence-electron chi connectivity index (χ3n) is 4.00. The molecule has 0 aliphatic carbocycles. The monoisotopic (exact) mass is 439 g/mol. The van der Waals surface area contributed by atoms with Crippen LogP contribution >= 0.6 is 35.3 Å². The number of carbonyl (C=O) groups is 1. The Morgan fingerprint density at radius 1 is 1.14 bits per heavy atom. The molecule has 5 nitrogen and oxygen atoms in total. The predicted octanol–water partition coefficient (Wildman–Crippen LogP) is 4.98. The number of fused-ring (bicyclic) bond motifs is 1. The molecule has 0 saturated carbocycles. The number of aromatic nitrogens is 1. The largest absolute Gasteiger partial charge is 0.494 e. The molecule has 2 aromatic carbocycles. The fraction of sp³-hybridized carbons (Fsp3) is 0.300. The molecule has 0 N–H and O–H groups in total. The first-order valence-corrected chi connectivity index (χ1v) is 9.93. The minimum atomic E-state index is -0.0856. The van der Waals surface area contributed by atoms with Crippen LogP contribution in [-0.2, 0) is 0 Å². The van der Waals surface area contributed by atoms with Gasteiger partial charge in [0.2, 0.25) is 0 Å². The molecule has 0 aliphatic heterocycles. The number of carbonyl (C=O) groups excluding carboxylic acids is 1. The summed E-state index contributed by atoms with van der Waals surface area (Å²) in [6.07, 6.45) is 0. The van der Waals surface area contributed by atoms with E-state index in [1.54, 1.807) is 29.2 Å². The highest BCUT2D eigenvalue weighted by Crippen LogP contribution is 2.32. The number of likely N-dealkylation sites (N-methyl/N-ethyl adjacent to an activating group) is 1. The Bertz CT molecular complexity index is 929. The Kier molecular flexibility index (Phi) is 8.07. The van der Waals surface area contributed by atoms with E-state index in [1.807, 2.05) is 44.1 Å². The van der Waals surface area contributed by atoms with Gasteiger partial charge in [-0.3, -0.25) is 9.69 Å². The van der Waals surface area contributed by atoms with Crippen LogP contribution < -0.4 is 9.64 Å². The molecule has 0 saturated heterocycles. The van der Waals surface area contributed by atoms with E-state index < -0.39 is 0 Å². The molecule has 0 bridgehead atoms. The minimum absolute atomic E-state index is 0. The number of halogens is 2. The lowest BCUT2D eigenvalue weighted by Gasteiger charge is -2.22. The van der Waals surface area contributed by atoms with Crippen molar-refractivity contribution in [1.29, 1.82) is 0 Å². The first-order valence-electron chi connectivity index (χ1n) is 8.73. The maximum absolute atomic E-state index is 13.1. The molecule has 0 unspecified atom stereocenters. The van der Waals surface area contributed by atoms with Crippen LogP contribution in [0.4, 0.5) is 5.13 Å². The Morgan fingerprint density at radius 3 is 2.50 bits per heavy atom. The van der Waals surface area contributed by atoms with Crippen molar-refractivity contribution < 1.29 is 9.53 Å². The van der Waals surface area contributed by atoms with Gasteiger partial charge in [0.15, 0.2) is 5.13 Å². The average molecular weight is 440 g/mol. The van der Waals surface area contributed by atoms with Gasteiger partial charge in [-0.25, -0.2) is 4.98 Å². The lowest BCUT2D eigenvalue weighted by Crippen LogP contribution is -2.36. The molecule has 1 aromatic heterocycles. The zero-order valence-electron chi connectivity index (χ0n) is 16.0. The second-order valence-electron chi connectivity index (χ2n) is 6.33. The Morgan fingerprint density at radius 2 is 1.86 bits per heavy atom. The number of hydrogen-bond acceptors (Lipinski definition) is 5. The van der Waals surface area contributed by atoms with Crippen molar-refractivity contribution in [2.75, 3.05) is 38.7 Å². The van der Waals surface area contributed by atoms with Crippen molar-refractivity contribution in [2.24, 2.45) is 0 Å². The number of benzene rings is 2. The van der Waals surface area contributed by atoms with Crippen LogP contribution in [0.3, 0.4) is 0 Å². The van der Waals surface area contributed by atoms with E-state index in [1.165, 1.54) is 11.3 Å². The summed E-state index contributed by atoms with van der Waals surface area (Å²) < 4.78 is 6.56. The number of anilines is 1. The van der Waals surface area contributed by atoms with E-state index in [2.05, 4.69) is 4.98 Å². The highest BCUT2D eigenvalue weighted by Gasteiger charge is 2.21. The molecule has 0 atom stereocenters. The third kappa shape index (κ3) is 5.35. The van der Waals surface area contributed by atoms with Gasteiger partial charge in [0.05, 0.1) is 16.8 Å². The third-order valence-corrected chi connectivity index (χ3v) is 5.29. The van der Waals surface area contributed by atoms with Crippen LogP contribution in [0.5, 0.6) is 5.75 Å². The molecule has 28 heavy (non-hydrogen) atoms. The number of hydrogen-bond donors (Lipinski definition) is 0. The second-order valence-corrected chi connectivity index (χ2v) is 7.77. The molecule has 1 heterocycles. The van der Waals surface area contributed by atoms with Crippen LogP contribution in [0.2, 0.25) is 5.02 Å². The lowest BCUT2D eigenvalue weighted by atomic mass is 10.2. The number of thiazole rings is 1. The van der Waals surface area contributed by atoms with E-state index >= 15 is 0 Å². The maximum Gasteiger partial charge on any atom is 0.260 e. The Labute approximate surface area is 180 Å². The topological polar surface area (TPSA) is 45.7 Å². The standard InChI is InChI=1S/C20H22ClN3O2S.ClH/c1-4-26-16-9-10-17-18(13-16)27-20(22-17)24(12-11-23(2)3)19(25)14-5-7-15(21)8-6-14;/h5-10,13H,4,11-12H2,1-3H3;1H. The van der Waals surface area contributed by atoms with Crippen molar-refractivity contribution >= 4 is 56.6 Å². The van der Waals surface area contributed by atoms with E-state index in [-0.39, 0.29) is 18.3 Å². The zero-order valence-corrected chi connectivity index (χ0v) is 18.4. The highest BCUT2D eigenvalue weighted by molar-refractivity contribution is 7.22. The smallest absolute Gasteiger partial charge is 0.260 e. The summed E-state index contributed by atoms with van der Waals surface area (Å²) in [5.74, 6) is 0.724. The van der Waals surface area contributed by atoms with Crippen LogP contribution in [-0.4, -0.2) is 49.6 Å². The van der Waals surface area contributed by atoms with Gasteiger partial charge in [-0.1, -0.05) is 22.9 Å². The SMILES string of the molecule is CCOc1ccc2nc(N(CCN(C)C)C(=O)c3ccc(Cl)cc3)sc2c1.Cl. The molecule has 0 fully saturated rings. The molecular weight excluding hydrogens is 417 g/mol. The highest BCUT2D eigenvalue weighted by atomic mass is 35.5. The van der Waals surface area contributed by atoms with Gasteiger partial charge in [0, 0.05) is 23.7 Å². The van der Waals surface area contributed by atoms with Crippen LogP contribution in [0.15, 0.2) is 42.5 Å². The van der Waals surface area contributed by atoms with Gasteiger partial charge in [-0.2, -0.15) is 0 Å². The predicted molar refractivity (Wildman–Crippen MR) is 120 cm³/mol. The summed E-state index contributed by atoms with van der Waals surface area (Å²) >= 11 is 7.45. The van der Waals surface area contributed by atoms with Gasteiger partial charge in [-0.15, -0.1) is 12.4 Å². The molecule has 3 rings (SSSR count). The van der Waals surface area contributed by atoms with Crippen LogP contribution in [0.25, 0.3) is 10.2 Å². The fourth-order valence-corrected chi connectivity index (χ4v) is 3.74. The summed E-state index contributed by atoms with van der Waals surface area (Å²) in [4.78, 5) is 21.6. The molecule has 8 heteroatoms. The molecule has 0 aliphatic rings. The molecular formula is C20H23Cl2N3O2S. The van der Waals surface area contributed by atoms with E-state index in [9.17, 15) is 4.79 Å². The van der Waals surface area contributed by atoms with E-state index in [4.69, 9.17) is 16.3 Å². The summed E-state index contributed by atoms with van der Waals surface area (Å²) in [6, 6.07) is 12.7. The van der Waals surface area contributed by atoms with Gasteiger partial charge in [0.1, 0.15) is 5.75 Å². The molecule has 1 amide bonds. The molecule has 3 aromatic rings. The zero-order chi connectivity index (χ0) is 19.4. The summed E-state index contributed by atoms with van der Waals surface area (Å²) in [7, 11) is 3.97. The number of nitrogens with zero attached hydrogens (tertiary/aromatic N) is 3. The first kappa shape index (κ1) is 22.4. The minimum Gasteiger partial charge on any atom is -0.494 e. The van der Waals surface area contributed by atoms with Crippen molar-refractivity contribution in [3.63, 3.8) is 0 Å². The summed E-state index contributed by atoms with van der Waals surface area (Å²) in [6.45, 7) is 3.85. The van der Waals surface area contributed by atoms with Crippen molar-refractivity contribution in [2.45, 2.75) is 6.92 Å². The molecule has 0 spiro atoms. The van der Waals surface area contributed by atoms with E-state index in [0.717, 1.165) is 22.5 Å². The van der Waals surface area contributed by atoms with Crippen molar-refractivity contribution in [3.8, 4) is 5.75 Å². The number of rotatable bonds is 7. The van der Waals surface area contributed by atoms with Gasteiger partial charge >= 0.3 is 0 Å². The molecule has 0 radical (unpaired) electrons. The Balaban J connectivity index is 0.00000280. The summed E-state index contributed by atoms with van der Waals surface area (Å²) in [5, 5.41) is 1.29. The van der Waals surface area contributed by atoms with Gasteiger partial charge in [0.25, 0.3) is 5.91 Å². The van der Waals surface area contributed by atoms with Crippen LogP contribution in [0, 0.1) is 0 Å². The first-order chi connectivity index (χ1) is 13.0. The second kappa shape index (κ2) is 10.1. The normalized spacial score (nSPS) is 10.8. The van der Waals surface area contributed by atoms with Crippen molar-refractivity contribution in [3.05, 3.63) is 53.1 Å². The fourth-order valence-electron chi connectivity index (χ4n) is 2.60. The number of amides is 1. The average Bonchev–Trinajstić information content (AvgIpc) is 3.05. The van der Waals surface area contributed by atoms with Gasteiger partial charge < -0.3 is 9.64 Å². The van der Waals surface area contributed by atoms with E-state index in [0.29, 0.717) is 28.9 Å². The summed E-state index contributed by atoms with van der Waals surface area (Å²) in [5.41, 5.74) is 1.45. The van der Waals surface area contributed by atoms with Gasteiger partial charge in [-0.05, 0) is 63.5 Å². The maximum atomic E-state index is 13.1. The lowest BCUT2D eigenvalue weighted by molar-refractivity contribution is 0.0985. The number of ether oxygens (including phenoxy) is 1. The van der Waals surface area contributed by atoms with Crippen molar-refractivity contribution in [1.82, 2.24) is 9.88 Å². The quantitative estimate of drug-likeness (QED) is 0.520. The Hall–Kier alpha value is -1.86.